The third kappa shape index (κ3) is 2.83. The van der Waals surface area contributed by atoms with Crippen LogP contribution in [0.25, 0.3) is 0 Å². The van der Waals surface area contributed by atoms with E-state index in [1.807, 2.05) is 6.07 Å². The average molecular weight is 398 g/mol. The van der Waals surface area contributed by atoms with Crippen molar-refractivity contribution in [1.82, 2.24) is 0 Å². The first kappa shape index (κ1) is 18.6. The highest BCUT2D eigenvalue weighted by molar-refractivity contribution is 5.84. The highest BCUT2D eigenvalue weighted by Gasteiger charge is 2.42. The lowest BCUT2D eigenvalue weighted by Gasteiger charge is -2.35. The van der Waals surface area contributed by atoms with Crippen LogP contribution in [0.4, 0.5) is 22.7 Å². The molecule has 2 N–H and O–H groups in total. The summed E-state index contributed by atoms with van der Waals surface area (Å²) >= 11 is 0. The molecule has 0 unspecified atom stereocenters. The van der Waals surface area contributed by atoms with E-state index in [1.54, 1.807) is 0 Å². The molecule has 0 saturated heterocycles. The topological polar surface area (TPSA) is 54.3 Å². The zero-order valence-electron chi connectivity index (χ0n) is 17.6. The van der Waals surface area contributed by atoms with E-state index in [4.69, 9.17) is 0 Å². The highest BCUT2D eigenvalue weighted by Crippen LogP contribution is 2.48. The Hall–Kier alpha value is -3.39. The molecule has 0 radical (unpaired) electrons. The molecule has 2 aromatic rings. The lowest BCUT2D eigenvalue weighted by Crippen LogP contribution is -2.42. The van der Waals surface area contributed by atoms with Crippen LogP contribution in [0.5, 0.6) is 0 Å². The molecule has 0 spiro atoms. The summed E-state index contributed by atoms with van der Waals surface area (Å²) < 4.78 is 0. The molecule has 0 aromatic heterocycles. The molecule has 2 heterocycles. The number of anilines is 4. The van der Waals surface area contributed by atoms with Gasteiger partial charge in [0.05, 0.1) is 23.0 Å². The summed E-state index contributed by atoms with van der Waals surface area (Å²) in [5, 5.41) is 17.2. The van der Waals surface area contributed by atoms with Crippen molar-refractivity contribution in [3.05, 3.63) is 71.1 Å². The second-order valence-electron chi connectivity index (χ2n) is 7.96. The lowest BCUT2D eigenvalue weighted by atomic mass is 9.96. The van der Waals surface area contributed by atoms with Gasteiger partial charge in [0.25, 0.3) is 0 Å². The molecule has 5 heteroatoms. The number of hydrogen-bond acceptors (Lipinski definition) is 5. The monoisotopic (exact) mass is 397 g/mol. The Labute approximate surface area is 178 Å². The normalized spacial score (nSPS) is 19.1. The first-order valence-corrected chi connectivity index (χ1v) is 10.9. The standard InChI is InChI=1S/C25H27N5/c1-3-29(4-2)18-14-12-17(13-15-18)27-24-20-9-7-8-19(20)21(16-26)25-28-22-10-5-6-11-23(22)30(24)25/h5-6,10-15,25,27-28H,3-4,7-9H2,1-2H3/t25-/m1/s1. The molecule has 5 nitrogen and oxygen atoms in total. The number of allylic oxidation sites excluding steroid dienone is 2. The highest BCUT2D eigenvalue weighted by atomic mass is 15.4. The molecule has 0 amide bonds. The molecule has 2 aromatic carbocycles. The van der Waals surface area contributed by atoms with Crippen molar-refractivity contribution in [2.45, 2.75) is 39.3 Å². The third-order valence-electron chi connectivity index (χ3n) is 6.44. The molecule has 0 bridgehead atoms. The van der Waals surface area contributed by atoms with Crippen molar-refractivity contribution >= 4 is 22.7 Å². The van der Waals surface area contributed by atoms with E-state index in [0.717, 1.165) is 60.8 Å². The van der Waals surface area contributed by atoms with Crippen LogP contribution < -0.4 is 20.4 Å². The van der Waals surface area contributed by atoms with Gasteiger partial charge >= 0.3 is 0 Å². The smallest absolute Gasteiger partial charge is 0.142 e. The van der Waals surface area contributed by atoms with Gasteiger partial charge in [-0.05, 0) is 80.7 Å². The van der Waals surface area contributed by atoms with Crippen molar-refractivity contribution in [2.75, 3.05) is 33.5 Å². The van der Waals surface area contributed by atoms with E-state index in [-0.39, 0.29) is 6.17 Å². The van der Waals surface area contributed by atoms with Gasteiger partial charge in [0.15, 0.2) is 0 Å². The fourth-order valence-corrected chi connectivity index (χ4v) is 4.97. The van der Waals surface area contributed by atoms with Gasteiger partial charge in [-0.15, -0.1) is 0 Å². The average Bonchev–Trinajstić information content (AvgIpc) is 3.41. The minimum atomic E-state index is -0.137. The molecule has 152 valence electrons. The molecule has 3 aliphatic rings. The summed E-state index contributed by atoms with van der Waals surface area (Å²) in [7, 11) is 0. The van der Waals surface area contributed by atoms with Crippen molar-refractivity contribution in [2.24, 2.45) is 0 Å². The quantitative estimate of drug-likeness (QED) is 0.704. The number of hydrogen-bond donors (Lipinski definition) is 2. The van der Waals surface area contributed by atoms with Crippen molar-refractivity contribution < 1.29 is 0 Å². The van der Waals surface area contributed by atoms with Crippen LogP contribution in [-0.2, 0) is 0 Å². The van der Waals surface area contributed by atoms with E-state index >= 15 is 0 Å². The second kappa shape index (κ2) is 7.46. The zero-order chi connectivity index (χ0) is 20.7. The second-order valence-corrected chi connectivity index (χ2v) is 7.96. The molecule has 30 heavy (non-hydrogen) atoms. The number of nitriles is 1. The fraction of sp³-hybridized carbons (Fsp3) is 0.320. The number of benzene rings is 2. The number of para-hydroxylation sites is 2. The summed E-state index contributed by atoms with van der Waals surface area (Å²) in [6.07, 6.45) is 2.95. The van der Waals surface area contributed by atoms with E-state index in [1.165, 1.54) is 16.8 Å². The van der Waals surface area contributed by atoms with Crippen LogP contribution in [0.15, 0.2) is 71.1 Å². The van der Waals surface area contributed by atoms with Crippen LogP contribution >= 0.6 is 0 Å². The van der Waals surface area contributed by atoms with E-state index < -0.39 is 0 Å². The van der Waals surface area contributed by atoms with E-state index in [2.05, 4.69) is 82.8 Å². The fourth-order valence-electron chi connectivity index (χ4n) is 4.97. The van der Waals surface area contributed by atoms with Gasteiger partial charge in [0, 0.05) is 24.5 Å². The summed E-state index contributed by atoms with van der Waals surface area (Å²) in [4.78, 5) is 4.62. The van der Waals surface area contributed by atoms with Crippen molar-refractivity contribution in [3.8, 4) is 6.07 Å². The zero-order valence-corrected chi connectivity index (χ0v) is 17.6. The summed E-state index contributed by atoms with van der Waals surface area (Å²) in [5.41, 5.74) is 7.88. The van der Waals surface area contributed by atoms with Crippen LogP contribution in [-0.4, -0.2) is 19.3 Å². The number of nitrogens with zero attached hydrogens (tertiary/aromatic N) is 3. The Morgan fingerprint density at radius 2 is 1.80 bits per heavy atom. The van der Waals surface area contributed by atoms with Gasteiger partial charge in [-0.3, -0.25) is 4.90 Å². The SMILES string of the molecule is CCN(CC)c1ccc(NC2=C3CCCC3=C(C#N)[C@@H]3Nc4ccccc4N23)cc1. The summed E-state index contributed by atoms with van der Waals surface area (Å²) in [6, 6.07) is 19.5. The van der Waals surface area contributed by atoms with Gasteiger partial charge in [0.1, 0.15) is 12.0 Å². The first-order valence-electron chi connectivity index (χ1n) is 10.9. The Bertz CT molecular complexity index is 1070. The molecule has 1 atom stereocenters. The van der Waals surface area contributed by atoms with E-state index in [0.29, 0.717) is 0 Å². The van der Waals surface area contributed by atoms with Crippen LogP contribution in [0.1, 0.15) is 33.1 Å². The Balaban J connectivity index is 1.56. The maximum absolute atomic E-state index is 9.95. The first-order chi connectivity index (χ1) is 14.7. The summed E-state index contributed by atoms with van der Waals surface area (Å²) in [6.45, 7) is 6.37. The van der Waals surface area contributed by atoms with Gasteiger partial charge in [-0.2, -0.15) is 5.26 Å². The Kier molecular flexibility index (Phi) is 4.63. The Morgan fingerprint density at radius 3 is 2.53 bits per heavy atom. The molecule has 1 fully saturated rings. The minimum absolute atomic E-state index is 0.137. The van der Waals surface area contributed by atoms with Gasteiger partial charge in [0.2, 0.25) is 0 Å². The van der Waals surface area contributed by atoms with Crippen LogP contribution in [0.3, 0.4) is 0 Å². The molecular weight excluding hydrogens is 370 g/mol. The predicted octanol–water partition coefficient (Wildman–Crippen LogP) is 5.43. The maximum atomic E-state index is 9.95. The molecule has 2 aliphatic heterocycles. The molecule has 1 saturated carbocycles. The lowest BCUT2D eigenvalue weighted by molar-refractivity contribution is 0.809. The summed E-state index contributed by atoms with van der Waals surface area (Å²) in [5.74, 6) is 1.11. The maximum Gasteiger partial charge on any atom is 0.142 e. The molecule has 1 aliphatic carbocycles. The largest absolute Gasteiger partial charge is 0.372 e. The van der Waals surface area contributed by atoms with Gasteiger partial charge in [-0.25, -0.2) is 0 Å². The molecule has 5 rings (SSSR count). The molecular formula is C25H27N5. The number of rotatable bonds is 5. The van der Waals surface area contributed by atoms with E-state index in [9.17, 15) is 5.26 Å². The van der Waals surface area contributed by atoms with Gasteiger partial charge < -0.3 is 15.5 Å². The minimum Gasteiger partial charge on any atom is -0.372 e. The number of nitrogens with one attached hydrogen (secondary N) is 2. The predicted molar refractivity (Wildman–Crippen MR) is 123 cm³/mol. The van der Waals surface area contributed by atoms with Crippen LogP contribution in [0.2, 0.25) is 0 Å². The van der Waals surface area contributed by atoms with Gasteiger partial charge in [-0.1, -0.05) is 12.1 Å². The third-order valence-corrected chi connectivity index (χ3v) is 6.44. The van der Waals surface area contributed by atoms with Crippen LogP contribution in [0, 0.1) is 11.3 Å². The Morgan fingerprint density at radius 1 is 1.07 bits per heavy atom. The van der Waals surface area contributed by atoms with Crippen molar-refractivity contribution in [3.63, 3.8) is 0 Å². The number of fused-ring (bicyclic) bond motifs is 4. The van der Waals surface area contributed by atoms with Crippen molar-refractivity contribution in [1.29, 1.82) is 5.26 Å².